The van der Waals surface area contributed by atoms with Gasteiger partial charge in [0.2, 0.25) is 5.91 Å². The number of benzene rings is 1. The number of carbonyl (C=O) groups excluding carboxylic acids is 1. The number of rotatable bonds is 7. The SMILES string of the molecule is CCCN(CC(=O)N(C)C)c1cc(NC)cc([N+](=O)[O-])c1. The maximum atomic E-state index is 11.9. The molecule has 0 aromatic heterocycles. The number of hydrogen-bond acceptors (Lipinski definition) is 5. The fraction of sp³-hybridized carbons (Fsp3) is 0.500. The Morgan fingerprint density at radius 1 is 1.33 bits per heavy atom. The molecule has 116 valence electrons. The van der Waals surface area contributed by atoms with Gasteiger partial charge in [0.05, 0.1) is 11.5 Å². The molecule has 0 atom stereocenters. The standard InChI is InChI=1S/C14H22N4O3/c1-5-6-17(10-14(19)16(3)4)12-7-11(15-2)8-13(9-12)18(20)21/h7-9,15H,5-6,10H2,1-4H3. The van der Waals surface area contributed by atoms with Crippen LogP contribution in [-0.4, -0.2) is 50.0 Å². The van der Waals surface area contributed by atoms with Crippen LogP contribution in [0.2, 0.25) is 0 Å². The third-order valence-corrected chi connectivity index (χ3v) is 3.09. The molecule has 0 saturated heterocycles. The van der Waals surface area contributed by atoms with Crippen molar-refractivity contribution in [2.45, 2.75) is 13.3 Å². The predicted molar refractivity (Wildman–Crippen MR) is 83.8 cm³/mol. The second kappa shape index (κ2) is 7.47. The van der Waals surface area contributed by atoms with Crippen molar-refractivity contribution < 1.29 is 9.72 Å². The van der Waals surface area contributed by atoms with Crippen LogP contribution in [-0.2, 0) is 4.79 Å². The number of carbonyl (C=O) groups is 1. The van der Waals surface area contributed by atoms with E-state index >= 15 is 0 Å². The number of nitrogens with one attached hydrogen (secondary N) is 1. The van der Waals surface area contributed by atoms with Gasteiger partial charge in [-0.1, -0.05) is 6.92 Å². The topological polar surface area (TPSA) is 78.7 Å². The monoisotopic (exact) mass is 294 g/mol. The minimum atomic E-state index is -0.428. The molecule has 7 heteroatoms. The molecule has 0 aliphatic carbocycles. The normalized spacial score (nSPS) is 10.1. The second-order valence-electron chi connectivity index (χ2n) is 4.95. The van der Waals surface area contributed by atoms with E-state index < -0.39 is 4.92 Å². The number of non-ortho nitro benzene ring substituents is 1. The fourth-order valence-corrected chi connectivity index (χ4v) is 1.90. The molecule has 21 heavy (non-hydrogen) atoms. The van der Waals surface area contributed by atoms with E-state index in [0.29, 0.717) is 17.9 Å². The van der Waals surface area contributed by atoms with Crippen molar-refractivity contribution in [2.24, 2.45) is 0 Å². The summed E-state index contributed by atoms with van der Waals surface area (Å²) < 4.78 is 0. The van der Waals surface area contributed by atoms with Gasteiger partial charge in [0, 0.05) is 51.2 Å². The van der Waals surface area contributed by atoms with Crippen molar-refractivity contribution in [3.63, 3.8) is 0 Å². The molecule has 1 rings (SSSR count). The lowest BCUT2D eigenvalue weighted by atomic mass is 10.2. The Labute approximate surface area is 124 Å². The van der Waals surface area contributed by atoms with Gasteiger partial charge in [-0.05, 0) is 12.5 Å². The van der Waals surface area contributed by atoms with Crippen LogP contribution in [0.5, 0.6) is 0 Å². The van der Waals surface area contributed by atoms with Crippen LogP contribution in [0.4, 0.5) is 17.1 Å². The Kier molecular flexibility index (Phi) is 5.95. The van der Waals surface area contributed by atoms with Crippen molar-refractivity contribution in [2.75, 3.05) is 44.4 Å². The molecule has 0 heterocycles. The average Bonchev–Trinajstić information content (AvgIpc) is 2.45. The molecule has 0 fully saturated rings. The average molecular weight is 294 g/mol. The van der Waals surface area contributed by atoms with Crippen molar-refractivity contribution in [3.8, 4) is 0 Å². The first kappa shape index (κ1) is 16.7. The van der Waals surface area contributed by atoms with Gasteiger partial charge in [-0.25, -0.2) is 0 Å². The zero-order valence-electron chi connectivity index (χ0n) is 12.9. The van der Waals surface area contributed by atoms with Gasteiger partial charge in [0.25, 0.3) is 5.69 Å². The van der Waals surface area contributed by atoms with E-state index in [1.807, 2.05) is 17.9 Å². The summed E-state index contributed by atoms with van der Waals surface area (Å²) in [6, 6.07) is 4.78. The molecule has 0 saturated carbocycles. The molecule has 0 unspecified atom stereocenters. The highest BCUT2D eigenvalue weighted by Crippen LogP contribution is 2.27. The molecule has 1 aromatic rings. The molecule has 1 aromatic carbocycles. The summed E-state index contributed by atoms with van der Waals surface area (Å²) in [7, 11) is 5.09. The van der Waals surface area contributed by atoms with Crippen molar-refractivity contribution in [1.29, 1.82) is 0 Å². The number of likely N-dealkylation sites (N-methyl/N-ethyl adjacent to an activating group) is 1. The molecule has 0 aliphatic rings. The summed E-state index contributed by atoms with van der Waals surface area (Å²) in [6.45, 7) is 2.86. The first-order chi connectivity index (χ1) is 9.88. The van der Waals surface area contributed by atoms with E-state index in [0.717, 1.165) is 6.42 Å². The van der Waals surface area contributed by atoms with Gasteiger partial charge in [-0.2, -0.15) is 0 Å². The number of nitrogens with zero attached hydrogens (tertiary/aromatic N) is 3. The molecule has 1 N–H and O–H groups in total. The first-order valence-corrected chi connectivity index (χ1v) is 6.81. The zero-order chi connectivity index (χ0) is 16.0. The predicted octanol–water partition coefficient (Wildman–Crippen LogP) is 1.94. The Bertz CT molecular complexity index is 517. The van der Waals surface area contributed by atoms with Crippen LogP contribution in [0, 0.1) is 10.1 Å². The van der Waals surface area contributed by atoms with E-state index in [1.54, 1.807) is 21.1 Å². The smallest absolute Gasteiger partial charge is 0.273 e. The Balaban J connectivity index is 3.14. The van der Waals surface area contributed by atoms with Crippen LogP contribution in [0.1, 0.15) is 13.3 Å². The van der Waals surface area contributed by atoms with Crippen LogP contribution < -0.4 is 10.2 Å². The number of nitro groups is 1. The summed E-state index contributed by atoms with van der Waals surface area (Å²) in [5.41, 5.74) is 1.33. The van der Waals surface area contributed by atoms with Crippen molar-refractivity contribution in [1.82, 2.24) is 4.90 Å². The third kappa shape index (κ3) is 4.62. The minimum absolute atomic E-state index is 0.00950. The molecular weight excluding hydrogens is 272 g/mol. The largest absolute Gasteiger partial charge is 0.388 e. The first-order valence-electron chi connectivity index (χ1n) is 6.81. The molecule has 7 nitrogen and oxygen atoms in total. The number of amides is 1. The zero-order valence-corrected chi connectivity index (χ0v) is 12.9. The lowest BCUT2D eigenvalue weighted by molar-refractivity contribution is -0.384. The van der Waals surface area contributed by atoms with Crippen molar-refractivity contribution in [3.05, 3.63) is 28.3 Å². The van der Waals surface area contributed by atoms with Gasteiger partial charge < -0.3 is 15.1 Å². The minimum Gasteiger partial charge on any atom is -0.388 e. The van der Waals surface area contributed by atoms with E-state index in [2.05, 4.69) is 5.32 Å². The lowest BCUT2D eigenvalue weighted by Gasteiger charge is -2.25. The summed E-state index contributed by atoms with van der Waals surface area (Å²) in [4.78, 5) is 25.9. The van der Waals surface area contributed by atoms with Crippen LogP contribution in [0.25, 0.3) is 0 Å². The highest BCUT2D eigenvalue weighted by Gasteiger charge is 2.16. The number of hydrogen-bond donors (Lipinski definition) is 1. The van der Waals surface area contributed by atoms with E-state index in [4.69, 9.17) is 0 Å². The molecule has 0 spiro atoms. The quantitative estimate of drug-likeness (QED) is 0.614. The summed E-state index contributed by atoms with van der Waals surface area (Å²) in [5, 5.41) is 13.9. The Morgan fingerprint density at radius 3 is 2.48 bits per heavy atom. The molecule has 0 aliphatic heterocycles. The highest BCUT2D eigenvalue weighted by molar-refractivity contribution is 5.81. The number of anilines is 2. The maximum absolute atomic E-state index is 11.9. The van der Waals surface area contributed by atoms with Gasteiger partial charge >= 0.3 is 0 Å². The second-order valence-corrected chi connectivity index (χ2v) is 4.95. The molecular formula is C14H22N4O3. The van der Waals surface area contributed by atoms with Gasteiger partial charge in [-0.3, -0.25) is 14.9 Å². The Morgan fingerprint density at radius 2 is 2.00 bits per heavy atom. The van der Waals surface area contributed by atoms with Gasteiger partial charge in [0.1, 0.15) is 0 Å². The summed E-state index contributed by atoms with van der Waals surface area (Å²) in [6.07, 6.45) is 0.846. The summed E-state index contributed by atoms with van der Waals surface area (Å²) >= 11 is 0. The molecule has 0 radical (unpaired) electrons. The van der Waals surface area contributed by atoms with Crippen LogP contribution in [0.15, 0.2) is 18.2 Å². The van der Waals surface area contributed by atoms with Gasteiger partial charge in [-0.15, -0.1) is 0 Å². The Hall–Kier alpha value is -2.31. The number of nitro benzene ring substituents is 1. The molecule has 0 bridgehead atoms. The van der Waals surface area contributed by atoms with Crippen LogP contribution >= 0.6 is 0 Å². The lowest BCUT2D eigenvalue weighted by Crippen LogP contribution is -2.37. The third-order valence-electron chi connectivity index (χ3n) is 3.09. The van der Waals surface area contributed by atoms with Crippen LogP contribution in [0.3, 0.4) is 0 Å². The summed E-state index contributed by atoms with van der Waals surface area (Å²) in [5.74, 6) is -0.0408. The van der Waals surface area contributed by atoms with Crippen molar-refractivity contribution >= 4 is 23.0 Å². The highest BCUT2D eigenvalue weighted by atomic mass is 16.6. The van der Waals surface area contributed by atoms with E-state index in [-0.39, 0.29) is 18.1 Å². The van der Waals surface area contributed by atoms with E-state index in [9.17, 15) is 14.9 Å². The maximum Gasteiger partial charge on any atom is 0.273 e. The van der Waals surface area contributed by atoms with Gasteiger partial charge in [0.15, 0.2) is 0 Å². The fourth-order valence-electron chi connectivity index (χ4n) is 1.90. The van der Waals surface area contributed by atoms with E-state index in [1.165, 1.54) is 17.0 Å². The molecule has 1 amide bonds.